The number of nitrogens with zero attached hydrogens (tertiary/aromatic N) is 1. The fourth-order valence-corrected chi connectivity index (χ4v) is 1.72. The molecule has 0 aliphatic rings. The summed E-state index contributed by atoms with van der Waals surface area (Å²) in [5.74, 6) is 0.712. The van der Waals surface area contributed by atoms with E-state index in [-0.39, 0.29) is 11.8 Å². The Kier molecular flexibility index (Phi) is 5.57. The first-order valence-corrected chi connectivity index (χ1v) is 6.33. The van der Waals surface area contributed by atoms with Crippen LogP contribution in [0, 0.1) is 0 Å². The highest BCUT2D eigenvalue weighted by molar-refractivity contribution is 7.80. The molecule has 1 aromatic rings. The van der Waals surface area contributed by atoms with Crippen LogP contribution < -0.4 is 15.5 Å². The Labute approximate surface area is 118 Å². The summed E-state index contributed by atoms with van der Waals surface area (Å²) in [6, 6.07) is 5.29. The smallest absolute Gasteiger partial charge is 0.187 e. The highest BCUT2D eigenvalue weighted by Gasteiger charge is 2.06. The fourth-order valence-electron chi connectivity index (χ4n) is 1.43. The van der Waals surface area contributed by atoms with Gasteiger partial charge in [-0.3, -0.25) is 5.43 Å². The summed E-state index contributed by atoms with van der Waals surface area (Å²) in [7, 11) is 1.55. The van der Waals surface area contributed by atoms with Gasteiger partial charge in [-0.05, 0) is 45.1 Å². The van der Waals surface area contributed by atoms with E-state index < -0.39 is 0 Å². The number of methoxy groups -OCH3 is 1. The van der Waals surface area contributed by atoms with E-state index >= 15 is 0 Å². The predicted octanol–water partition coefficient (Wildman–Crippen LogP) is 2.00. The maximum Gasteiger partial charge on any atom is 0.187 e. The highest BCUT2D eigenvalue weighted by atomic mass is 32.1. The molecule has 0 radical (unpaired) electrons. The predicted molar refractivity (Wildman–Crippen MR) is 80.9 cm³/mol. The van der Waals surface area contributed by atoms with Gasteiger partial charge in [0, 0.05) is 17.7 Å². The lowest BCUT2D eigenvalue weighted by atomic mass is 10.1. The number of phenolic OH excluding ortho intramolecular Hbond substituents is 1. The van der Waals surface area contributed by atoms with Crippen LogP contribution >= 0.6 is 12.2 Å². The van der Waals surface area contributed by atoms with Crippen LogP contribution in [-0.2, 0) is 0 Å². The number of thiocarbonyl (C=S) groups is 1. The summed E-state index contributed by atoms with van der Waals surface area (Å²) in [5.41, 5.74) is 3.99. The van der Waals surface area contributed by atoms with Crippen LogP contribution in [0.15, 0.2) is 23.3 Å². The molecule has 0 atom stereocenters. The number of hydrogen-bond donors (Lipinski definition) is 3. The average molecular weight is 281 g/mol. The van der Waals surface area contributed by atoms with Gasteiger partial charge in [0.1, 0.15) is 11.5 Å². The summed E-state index contributed by atoms with van der Waals surface area (Å²) < 4.78 is 5.03. The molecule has 19 heavy (non-hydrogen) atoms. The van der Waals surface area contributed by atoms with E-state index in [1.54, 1.807) is 32.2 Å². The quantitative estimate of drug-likeness (QED) is 0.447. The number of phenols is 1. The molecule has 1 rings (SSSR count). The molecule has 0 saturated carbocycles. The summed E-state index contributed by atoms with van der Waals surface area (Å²) in [5, 5.41) is 17.5. The molecule has 0 aliphatic carbocycles. The largest absolute Gasteiger partial charge is 0.507 e. The van der Waals surface area contributed by atoms with E-state index in [1.165, 1.54) is 0 Å². The van der Waals surface area contributed by atoms with Gasteiger partial charge in [0.15, 0.2) is 5.11 Å². The maximum atomic E-state index is 9.87. The Bertz CT molecular complexity index is 487. The van der Waals surface area contributed by atoms with Crippen LogP contribution in [0.25, 0.3) is 0 Å². The number of ether oxygens (including phenoxy) is 1. The Hall–Kier alpha value is -1.82. The van der Waals surface area contributed by atoms with Gasteiger partial charge in [0.25, 0.3) is 0 Å². The van der Waals surface area contributed by atoms with E-state index in [1.807, 2.05) is 13.8 Å². The third-order valence-electron chi connectivity index (χ3n) is 2.34. The van der Waals surface area contributed by atoms with Crippen LogP contribution in [0.5, 0.6) is 11.5 Å². The van der Waals surface area contributed by atoms with E-state index in [9.17, 15) is 5.11 Å². The van der Waals surface area contributed by atoms with Gasteiger partial charge in [0.05, 0.1) is 12.8 Å². The molecule has 0 spiro atoms. The molecule has 3 N–H and O–H groups in total. The Morgan fingerprint density at radius 1 is 1.42 bits per heavy atom. The molecule has 0 amide bonds. The number of hydrazone groups is 1. The summed E-state index contributed by atoms with van der Waals surface area (Å²) >= 11 is 5.06. The molecule has 0 bridgehead atoms. The van der Waals surface area contributed by atoms with Crippen LogP contribution in [0.4, 0.5) is 0 Å². The Morgan fingerprint density at radius 3 is 2.63 bits per heavy atom. The molecule has 6 heteroatoms. The second-order valence-corrected chi connectivity index (χ2v) is 4.73. The third kappa shape index (κ3) is 4.75. The minimum Gasteiger partial charge on any atom is -0.507 e. The highest BCUT2D eigenvalue weighted by Crippen LogP contribution is 2.23. The SMILES string of the molecule is COc1ccc(/C(C)=N/NC(=S)NC(C)C)c(O)c1. The second-order valence-electron chi connectivity index (χ2n) is 4.32. The van der Waals surface area contributed by atoms with Crippen molar-refractivity contribution in [3.05, 3.63) is 23.8 Å². The van der Waals surface area contributed by atoms with Crippen molar-refractivity contribution in [3.8, 4) is 11.5 Å². The van der Waals surface area contributed by atoms with E-state index in [0.29, 0.717) is 22.1 Å². The van der Waals surface area contributed by atoms with Crippen molar-refractivity contribution in [1.29, 1.82) is 0 Å². The molecule has 1 aromatic carbocycles. The maximum absolute atomic E-state index is 9.87. The lowest BCUT2D eigenvalue weighted by molar-refractivity contribution is 0.407. The number of hydrogen-bond acceptors (Lipinski definition) is 4. The van der Waals surface area contributed by atoms with Crippen molar-refractivity contribution in [3.63, 3.8) is 0 Å². The van der Waals surface area contributed by atoms with Gasteiger partial charge in [-0.2, -0.15) is 5.10 Å². The van der Waals surface area contributed by atoms with Crippen LogP contribution in [0.3, 0.4) is 0 Å². The van der Waals surface area contributed by atoms with Crippen molar-refractivity contribution < 1.29 is 9.84 Å². The second kappa shape index (κ2) is 6.94. The molecule has 5 nitrogen and oxygen atoms in total. The van der Waals surface area contributed by atoms with Crippen LogP contribution in [0.1, 0.15) is 26.3 Å². The zero-order valence-corrected chi connectivity index (χ0v) is 12.3. The lowest BCUT2D eigenvalue weighted by Gasteiger charge is -2.11. The minimum atomic E-state index is 0.116. The van der Waals surface area contributed by atoms with Gasteiger partial charge in [0.2, 0.25) is 0 Å². The third-order valence-corrected chi connectivity index (χ3v) is 2.55. The van der Waals surface area contributed by atoms with E-state index in [0.717, 1.165) is 0 Å². The van der Waals surface area contributed by atoms with Crippen LogP contribution in [0.2, 0.25) is 0 Å². The molecule has 0 aliphatic heterocycles. The summed E-state index contributed by atoms with van der Waals surface area (Å²) in [6.45, 7) is 5.76. The molecule has 0 aromatic heterocycles. The van der Waals surface area contributed by atoms with Gasteiger partial charge in [-0.25, -0.2) is 0 Å². The zero-order chi connectivity index (χ0) is 14.4. The molecular weight excluding hydrogens is 262 g/mol. The van der Waals surface area contributed by atoms with E-state index in [2.05, 4.69) is 15.8 Å². The molecular formula is C13H19N3O2S. The number of benzene rings is 1. The minimum absolute atomic E-state index is 0.116. The van der Waals surface area contributed by atoms with Crippen molar-refractivity contribution >= 4 is 23.0 Å². The van der Waals surface area contributed by atoms with Crippen molar-refractivity contribution in [1.82, 2.24) is 10.7 Å². The van der Waals surface area contributed by atoms with Crippen molar-refractivity contribution in [2.75, 3.05) is 7.11 Å². The molecule has 0 fully saturated rings. The topological polar surface area (TPSA) is 65.9 Å². The average Bonchev–Trinajstić information content (AvgIpc) is 2.35. The van der Waals surface area contributed by atoms with Gasteiger partial charge < -0.3 is 15.2 Å². The normalized spacial score (nSPS) is 11.3. The van der Waals surface area contributed by atoms with E-state index in [4.69, 9.17) is 17.0 Å². The Morgan fingerprint density at radius 2 is 2.11 bits per heavy atom. The number of aromatic hydroxyl groups is 1. The molecule has 0 unspecified atom stereocenters. The van der Waals surface area contributed by atoms with Gasteiger partial charge in [-0.15, -0.1) is 0 Å². The first-order valence-electron chi connectivity index (χ1n) is 5.92. The van der Waals surface area contributed by atoms with Gasteiger partial charge in [-0.1, -0.05) is 0 Å². The molecule has 0 saturated heterocycles. The standard InChI is InChI=1S/C13H19N3O2S/c1-8(2)14-13(19)16-15-9(3)11-6-5-10(18-4)7-12(11)17/h5-8,17H,1-4H3,(H2,14,16,19)/b15-9+. The zero-order valence-electron chi connectivity index (χ0n) is 11.5. The fraction of sp³-hybridized carbons (Fsp3) is 0.385. The molecule has 0 heterocycles. The number of nitrogens with one attached hydrogen (secondary N) is 2. The van der Waals surface area contributed by atoms with Gasteiger partial charge >= 0.3 is 0 Å². The lowest BCUT2D eigenvalue weighted by Crippen LogP contribution is -2.37. The summed E-state index contributed by atoms with van der Waals surface area (Å²) in [6.07, 6.45) is 0. The Balaban J connectivity index is 2.77. The first-order chi connectivity index (χ1) is 8.93. The summed E-state index contributed by atoms with van der Waals surface area (Å²) in [4.78, 5) is 0. The molecule has 104 valence electrons. The van der Waals surface area contributed by atoms with Crippen molar-refractivity contribution in [2.24, 2.45) is 5.10 Å². The first kappa shape index (κ1) is 15.2. The monoisotopic (exact) mass is 281 g/mol. The van der Waals surface area contributed by atoms with Crippen molar-refractivity contribution in [2.45, 2.75) is 26.8 Å². The number of rotatable bonds is 4. The van der Waals surface area contributed by atoms with Crippen LogP contribution in [-0.4, -0.2) is 29.1 Å².